The van der Waals surface area contributed by atoms with Gasteiger partial charge in [0, 0.05) is 23.9 Å². The monoisotopic (exact) mass is 366 g/mol. The van der Waals surface area contributed by atoms with Gasteiger partial charge < -0.3 is 4.90 Å². The molecule has 3 aromatic rings. The number of hydrogen-bond acceptors (Lipinski definition) is 5. The first-order valence-electron chi connectivity index (χ1n) is 9.50. The zero-order chi connectivity index (χ0) is 17.5. The molecule has 134 valence electrons. The van der Waals surface area contributed by atoms with Crippen molar-refractivity contribution in [3.05, 3.63) is 50.2 Å². The van der Waals surface area contributed by atoms with Gasteiger partial charge in [-0.25, -0.2) is 9.97 Å². The Bertz CT molecular complexity index is 985. The summed E-state index contributed by atoms with van der Waals surface area (Å²) in [6.07, 6.45) is 7.18. The Morgan fingerprint density at radius 1 is 1.12 bits per heavy atom. The molecule has 2 aromatic heterocycles. The van der Waals surface area contributed by atoms with E-state index in [4.69, 9.17) is 9.97 Å². The molecular weight excluding hydrogens is 344 g/mol. The number of H-pyrrole nitrogens is 1. The summed E-state index contributed by atoms with van der Waals surface area (Å²) in [6.45, 7) is 1.82. The molecule has 1 N–H and O–H groups in total. The molecule has 0 amide bonds. The first-order valence-corrected chi connectivity index (χ1v) is 10.3. The summed E-state index contributed by atoms with van der Waals surface area (Å²) in [5.41, 5.74) is 2.04. The van der Waals surface area contributed by atoms with Crippen LogP contribution in [-0.2, 0) is 12.8 Å². The number of aromatic nitrogens is 3. The number of para-hydroxylation sites is 1. The maximum absolute atomic E-state index is 12.4. The van der Waals surface area contributed by atoms with E-state index in [1.165, 1.54) is 41.3 Å². The van der Waals surface area contributed by atoms with Gasteiger partial charge in [0.2, 0.25) is 5.95 Å². The van der Waals surface area contributed by atoms with E-state index in [-0.39, 0.29) is 5.56 Å². The minimum atomic E-state index is -0.0579. The number of thiazole rings is 1. The molecule has 0 spiro atoms. The number of aromatic amines is 1. The summed E-state index contributed by atoms with van der Waals surface area (Å²) in [4.78, 5) is 28.8. The number of anilines is 1. The maximum Gasteiger partial charge on any atom is 0.260 e. The average molecular weight is 366 g/mol. The lowest BCUT2D eigenvalue weighted by atomic mass is 9.98. The van der Waals surface area contributed by atoms with Gasteiger partial charge in [-0.1, -0.05) is 12.1 Å². The normalized spacial score (nSPS) is 20.3. The molecule has 3 heterocycles. The Morgan fingerprint density at radius 2 is 2.00 bits per heavy atom. The van der Waals surface area contributed by atoms with E-state index in [2.05, 4.69) is 9.88 Å². The van der Waals surface area contributed by atoms with Crippen LogP contribution in [0.15, 0.2) is 29.1 Å². The topological polar surface area (TPSA) is 61.9 Å². The van der Waals surface area contributed by atoms with Crippen molar-refractivity contribution in [3.8, 4) is 0 Å². The molecule has 1 aromatic carbocycles. The number of nitrogens with zero attached hydrogens (tertiary/aromatic N) is 3. The summed E-state index contributed by atoms with van der Waals surface area (Å²) in [5.74, 6) is 1.14. The lowest BCUT2D eigenvalue weighted by Crippen LogP contribution is -2.36. The zero-order valence-corrected chi connectivity index (χ0v) is 15.5. The van der Waals surface area contributed by atoms with E-state index in [9.17, 15) is 4.79 Å². The number of rotatable bonds is 2. The van der Waals surface area contributed by atoms with Crippen LogP contribution in [0.3, 0.4) is 0 Å². The van der Waals surface area contributed by atoms with Gasteiger partial charge in [-0.2, -0.15) is 0 Å². The van der Waals surface area contributed by atoms with E-state index >= 15 is 0 Å². The zero-order valence-electron chi connectivity index (χ0n) is 14.7. The Kier molecular flexibility index (Phi) is 4.00. The van der Waals surface area contributed by atoms with Gasteiger partial charge in [-0.3, -0.25) is 9.78 Å². The second kappa shape index (κ2) is 6.50. The van der Waals surface area contributed by atoms with Gasteiger partial charge in [-0.15, -0.1) is 11.3 Å². The molecule has 5 rings (SSSR count). The highest BCUT2D eigenvalue weighted by Crippen LogP contribution is 2.35. The fourth-order valence-electron chi connectivity index (χ4n) is 4.14. The quantitative estimate of drug-likeness (QED) is 0.752. The van der Waals surface area contributed by atoms with Gasteiger partial charge in [0.15, 0.2) is 0 Å². The van der Waals surface area contributed by atoms with Crippen molar-refractivity contribution in [1.29, 1.82) is 0 Å². The third kappa shape index (κ3) is 2.82. The van der Waals surface area contributed by atoms with Crippen molar-refractivity contribution in [2.24, 2.45) is 0 Å². The fraction of sp³-hybridized carbons (Fsp3) is 0.450. The van der Waals surface area contributed by atoms with E-state index in [0.717, 1.165) is 31.4 Å². The second-order valence-corrected chi connectivity index (χ2v) is 8.44. The Balaban J connectivity index is 1.44. The molecule has 0 bridgehead atoms. The van der Waals surface area contributed by atoms with Crippen molar-refractivity contribution < 1.29 is 0 Å². The molecular formula is C20H22N4OS. The molecule has 0 saturated carbocycles. The molecule has 1 aliphatic heterocycles. The maximum atomic E-state index is 12.4. The van der Waals surface area contributed by atoms with Crippen LogP contribution in [0.2, 0.25) is 0 Å². The van der Waals surface area contributed by atoms with Crippen LogP contribution >= 0.6 is 11.3 Å². The van der Waals surface area contributed by atoms with Gasteiger partial charge in [-0.05, 0) is 50.7 Å². The number of aryl methyl sites for hydroxylation is 2. The molecule has 26 heavy (non-hydrogen) atoms. The minimum absolute atomic E-state index is 0.0579. The molecule has 1 saturated heterocycles. The van der Waals surface area contributed by atoms with Crippen LogP contribution < -0.4 is 10.5 Å². The van der Waals surface area contributed by atoms with Crippen LogP contribution in [0.5, 0.6) is 0 Å². The van der Waals surface area contributed by atoms with E-state index in [0.29, 0.717) is 17.3 Å². The van der Waals surface area contributed by atoms with Gasteiger partial charge in [0.05, 0.1) is 21.6 Å². The van der Waals surface area contributed by atoms with Crippen molar-refractivity contribution >= 4 is 28.2 Å². The number of piperidine rings is 1. The molecule has 2 aliphatic rings. The third-order valence-corrected chi connectivity index (χ3v) is 6.85. The first kappa shape index (κ1) is 16.0. The van der Waals surface area contributed by atoms with Crippen LogP contribution in [0, 0.1) is 0 Å². The lowest BCUT2D eigenvalue weighted by molar-refractivity contribution is 0.501. The summed E-state index contributed by atoms with van der Waals surface area (Å²) in [6, 6.07) is 7.53. The van der Waals surface area contributed by atoms with E-state index in [1.54, 1.807) is 0 Å². The van der Waals surface area contributed by atoms with Gasteiger partial charge in [0.25, 0.3) is 5.56 Å². The number of nitrogens with one attached hydrogen (secondary N) is 1. The fourth-order valence-corrected chi connectivity index (χ4v) is 5.42. The number of hydrogen-bond donors (Lipinski definition) is 1. The predicted octanol–water partition coefficient (Wildman–Crippen LogP) is 3.64. The lowest BCUT2D eigenvalue weighted by Gasteiger charge is -2.32. The Morgan fingerprint density at radius 3 is 2.92 bits per heavy atom. The smallest absolute Gasteiger partial charge is 0.260 e. The van der Waals surface area contributed by atoms with Crippen LogP contribution in [0.25, 0.3) is 10.9 Å². The summed E-state index contributed by atoms with van der Waals surface area (Å²) >= 11 is 1.91. The van der Waals surface area contributed by atoms with Crippen molar-refractivity contribution in [2.75, 3.05) is 18.0 Å². The Hall–Kier alpha value is -2.21. The Labute approximate surface area is 156 Å². The molecule has 1 atom stereocenters. The van der Waals surface area contributed by atoms with Crippen molar-refractivity contribution in [2.45, 2.75) is 44.4 Å². The minimum Gasteiger partial charge on any atom is -0.342 e. The summed E-state index contributed by atoms with van der Waals surface area (Å²) in [5, 5.41) is 1.93. The highest BCUT2D eigenvalue weighted by molar-refractivity contribution is 7.11. The highest BCUT2D eigenvalue weighted by Gasteiger charge is 2.27. The molecule has 6 heteroatoms. The standard InChI is InChI=1S/C20H22N4OS/c25-18-14-7-1-2-8-15(14)22-20(23-18)24-11-5-6-13(12-24)19-21-16-9-3-4-10-17(16)26-19/h1-2,7-8,13H,3-6,9-12H2,(H,22,23,25). The molecule has 5 nitrogen and oxygen atoms in total. The number of fused-ring (bicyclic) bond motifs is 2. The van der Waals surface area contributed by atoms with Crippen LogP contribution in [-0.4, -0.2) is 28.0 Å². The summed E-state index contributed by atoms with van der Waals surface area (Å²) < 4.78 is 0. The predicted molar refractivity (Wildman–Crippen MR) is 105 cm³/mol. The average Bonchev–Trinajstić information content (AvgIpc) is 3.12. The van der Waals surface area contributed by atoms with Crippen molar-refractivity contribution in [3.63, 3.8) is 0 Å². The summed E-state index contributed by atoms with van der Waals surface area (Å²) in [7, 11) is 0. The van der Waals surface area contributed by atoms with E-state index in [1.807, 2.05) is 35.6 Å². The molecule has 0 radical (unpaired) electrons. The first-order chi connectivity index (χ1) is 12.8. The highest BCUT2D eigenvalue weighted by atomic mass is 32.1. The molecule has 1 fully saturated rings. The second-order valence-electron chi connectivity index (χ2n) is 7.32. The van der Waals surface area contributed by atoms with Gasteiger partial charge in [0.1, 0.15) is 0 Å². The number of benzene rings is 1. The van der Waals surface area contributed by atoms with E-state index < -0.39 is 0 Å². The van der Waals surface area contributed by atoms with Crippen molar-refractivity contribution in [1.82, 2.24) is 15.0 Å². The molecule has 1 unspecified atom stereocenters. The molecule has 1 aliphatic carbocycles. The van der Waals surface area contributed by atoms with Crippen LogP contribution in [0.1, 0.15) is 47.2 Å². The third-order valence-electron chi connectivity index (χ3n) is 5.53. The van der Waals surface area contributed by atoms with Crippen LogP contribution in [0.4, 0.5) is 5.95 Å². The largest absolute Gasteiger partial charge is 0.342 e. The van der Waals surface area contributed by atoms with Gasteiger partial charge >= 0.3 is 0 Å². The SMILES string of the molecule is O=c1[nH]c(N2CCCC(c3nc4c(s3)CCCC4)C2)nc2ccccc12.